The van der Waals surface area contributed by atoms with Gasteiger partial charge in [0.1, 0.15) is 12.0 Å². The average Bonchev–Trinajstić information content (AvgIpc) is 2.44. The molecule has 0 amide bonds. The Morgan fingerprint density at radius 1 is 1.26 bits per heavy atom. The molecular weight excluding hydrogens is 260 g/mol. The van der Waals surface area contributed by atoms with Crippen LogP contribution in [-0.2, 0) is 6.42 Å². The minimum absolute atomic E-state index is 0.0965. The quantitative estimate of drug-likeness (QED) is 0.840. The molecule has 1 unspecified atom stereocenters. The Kier molecular flexibility index (Phi) is 4.22. The molecule has 2 rings (SSSR count). The number of nitrogen functional groups attached to an aromatic ring is 1. The molecule has 4 nitrogen and oxygen atoms in total. The van der Waals surface area contributed by atoms with Crippen LogP contribution in [-0.4, -0.2) is 9.97 Å². The Labute approximate surface area is 118 Å². The lowest BCUT2D eigenvalue weighted by molar-refractivity contribution is 0.871. The third kappa shape index (κ3) is 3.15. The van der Waals surface area contributed by atoms with Crippen LogP contribution in [0.15, 0.2) is 30.6 Å². The van der Waals surface area contributed by atoms with Crippen LogP contribution in [0.25, 0.3) is 0 Å². The van der Waals surface area contributed by atoms with Crippen molar-refractivity contribution in [2.24, 2.45) is 0 Å². The van der Waals surface area contributed by atoms with Crippen LogP contribution in [0.1, 0.15) is 31.0 Å². The van der Waals surface area contributed by atoms with Gasteiger partial charge in [-0.05, 0) is 24.5 Å². The molecule has 1 heterocycles. The average molecular weight is 277 g/mol. The van der Waals surface area contributed by atoms with Crippen molar-refractivity contribution in [2.45, 2.75) is 26.3 Å². The number of aromatic nitrogens is 2. The fourth-order valence-corrected chi connectivity index (χ4v) is 1.95. The number of nitrogens with zero attached hydrogens (tertiary/aromatic N) is 2. The Morgan fingerprint density at radius 2 is 1.95 bits per heavy atom. The largest absolute Gasteiger partial charge is 0.393 e. The number of hydrogen-bond acceptors (Lipinski definition) is 4. The van der Waals surface area contributed by atoms with Gasteiger partial charge in [0.05, 0.1) is 6.04 Å². The fraction of sp³-hybridized carbons (Fsp3) is 0.286. The molecular formula is C14H17ClN4. The Hall–Kier alpha value is -1.81. The van der Waals surface area contributed by atoms with Crippen LogP contribution >= 0.6 is 11.6 Å². The monoisotopic (exact) mass is 276 g/mol. The molecule has 0 spiro atoms. The molecule has 0 aliphatic heterocycles. The van der Waals surface area contributed by atoms with E-state index in [1.807, 2.05) is 0 Å². The summed E-state index contributed by atoms with van der Waals surface area (Å²) in [6.07, 6.45) is 2.44. The summed E-state index contributed by atoms with van der Waals surface area (Å²) in [5, 5.41) is 3.51. The van der Waals surface area contributed by atoms with Crippen molar-refractivity contribution in [3.05, 3.63) is 46.9 Å². The predicted molar refractivity (Wildman–Crippen MR) is 79.3 cm³/mol. The predicted octanol–water partition coefficient (Wildman–Crippen LogP) is 3.45. The zero-order valence-electron chi connectivity index (χ0n) is 11.0. The van der Waals surface area contributed by atoms with Crippen molar-refractivity contribution in [3.8, 4) is 0 Å². The lowest BCUT2D eigenvalue weighted by atomic mass is 10.1. The molecule has 100 valence electrons. The highest BCUT2D eigenvalue weighted by atomic mass is 35.5. The minimum Gasteiger partial charge on any atom is -0.393 e. The van der Waals surface area contributed by atoms with E-state index in [1.54, 1.807) is 0 Å². The zero-order valence-corrected chi connectivity index (χ0v) is 11.8. The number of hydrogen-bond donors (Lipinski definition) is 2. The molecule has 1 aromatic heterocycles. The Bertz CT molecular complexity index is 554. The van der Waals surface area contributed by atoms with E-state index in [0.29, 0.717) is 11.5 Å². The second kappa shape index (κ2) is 5.89. The Balaban J connectivity index is 2.15. The van der Waals surface area contributed by atoms with Gasteiger partial charge >= 0.3 is 0 Å². The topological polar surface area (TPSA) is 63.8 Å². The molecule has 3 N–H and O–H groups in total. The van der Waals surface area contributed by atoms with Gasteiger partial charge in [-0.3, -0.25) is 0 Å². The number of nitrogens with one attached hydrogen (secondary N) is 1. The van der Waals surface area contributed by atoms with E-state index in [0.717, 1.165) is 6.42 Å². The van der Waals surface area contributed by atoms with Gasteiger partial charge in [0.2, 0.25) is 0 Å². The van der Waals surface area contributed by atoms with Gasteiger partial charge in [-0.15, -0.1) is 0 Å². The van der Waals surface area contributed by atoms with Crippen molar-refractivity contribution in [2.75, 3.05) is 11.1 Å². The SMILES string of the molecule is CCc1ccc(C(C)Nc2ncnc(Cl)c2N)cc1. The summed E-state index contributed by atoms with van der Waals surface area (Å²) in [4.78, 5) is 7.94. The number of aryl methyl sites for hydroxylation is 1. The van der Waals surface area contributed by atoms with Gasteiger partial charge in [0.25, 0.3) is 0 Å². The second-order valence-electron chi connectivity index (χ2n) is 4.39. The summed E-state index contributed by atoms with van der Waals surface area (Å²) in [5.41, 5.74) is 8.70. The first-order valence-electron chi connectivity index (χ1n) is 6.23. The molecule has 0 aliphatic rings. The maximum atomic E-state index is 5.87. The fourth-order valence-electron chi connectivity index (χ4n) is 1.82. The van der Waals surface area contributed by atoms with Gasteiger partial charge in [-0.2, -0.15) is 0 Å². The highest BCUT2D eigenvalue weighted by molar-refractivity contribution is 6.32. The Morgan fingerprint density at radius 3 is 2.58 bits per heavy atom. The maximum absolute atomic E-state index is 5.87. The smallest absolute Gasteiger partial charge is 0.157 e. The molecule has 0 fully saturated rings. The van der Waals surface area contributed by atoms with E-state index < -0.39 is 0 Å². The normalized spacial score (nSPS) is 12.2. The summed E-state index contributed by atoms with van der Waals surface area (Å²) in [5.74, 6) is 0.562. The molecule has 1 atom stereocenters. The second-order valence-corrected chi connectivity index (χ2v) is 4.75. The highest BCUT2D eigenvalue weighted by Crippen LogP contribution is 2.26. The van der Waals surface area contributed by atoms with Crippen LogP contribution in [0, 0.1) is 0 Å². The number of anilines is 2. The van der Waals surface area contributed by atoms with Crippen molar-refractivity contribution >= 4 is 23.1 Å². The van der Waals surface area contributed by atoms with Gasteiger partial charge in [-0.25, -0.2) is 9.97 Å². The summed E-state index contributed by atoms with van der Waals surface area (Å²) in [6.45, 7) is 4.19. The summed E-state index contributed by atoms with van der Waals surface area (Å²) >= 11 is 5.87. The van der Waals surface area contributed by atoms with E-state index in [9.17, 15) is 0 Å². The van der Waals surface area contributed by atoms with Crippen molar-refractivity contribution in [1.29, 1.82) is 0 Å². The van der Waals surface area contributed by atoms with Crippen molar-refractivity contribution in [1.82, 2.24) is 9.97 Å². The summed E-state index contributed by atoms with van der Waals surface area (Å²) in [6, 6.07) is 8.57. The molecule has 5 heteroatoms. The molecule has 2 aromatic rings. The molecule has 0 saturated carbocycles. The van der Waals surface area contributed by atoms with E-state index >= 15 is 0 Å². The first kappa shape index (κ1) is 13.6. The van der Waals surface area contributed by atoms with Crippen LogP contribution in [0.4, 0.5) is 11.5 Å². The van der Waals surface area contributed by atoms with Crippen LogP contribution in [0.5, 0.6) is 0 Å². The van der Waals surface area contributed by atoms with Crippen LogP contribution < -0.4 is 11.1 Å². The molecule has 0 aliphatic carbocycles. The van der Waals surface area contributed by atoms with Crippen molar-refractivity contribution in [3.63, 3.8) is 0 Å². The van der Waals surface area contributed by atoms with Gasteiger partial charge in [0.15, 0.2) is 11.0 Å². The van der Waals surface area contributed by atoms with E-state index in [2.05, 4.69) is 53.4 Å². The third-order valence-corrected chi connectivity index (χ3v) is 3.38. The van der Waals surface area contributed by atoms with E-state index in [4.69, 9.17) is 17.3 Å². The first-order chi connectivity index (χ1) is 9.11. The van der Waals surface area contributed by atoms with Crippen LogP contribution in [0.2, 0.25) is 5.15 Å². The van der Waals surface area contributed by atoms with Crippen molar-refractivity contribution < 1.29 is 0 Å². The van der Waals surface area contributed by atoms with Gasteiger partial charge < -0.3 is 11.1 Å². The molecule has 19 heavy (non-hydrogen) atoms. The molecule has 0 saturated heterocycles. The van der Waals surface area contributed by atoms with E-state index in [-0.39, 0.29) is 11.2 Å². The standard InChI is InChI=1S/C14H17ClN4/c1-3-10-4-6-11(7-5-10)9(2)19-14-12(16)13(15)17-8-18-14/h4-9H,3,16H2,1-2H3,(H,17,18,19). The number of halogens is 1. The lowest BCUT2D eigenvalue weighted by Gasteiger charge is -2.16. The molecule has 1 aromatic carbocycles. The number of rotatable bonds is 4. The minimum atomic E-state index is 0.0965. The van der Waals surface area contributed by atoms with Gasteiger partial charge in [-0.1, -0.05) is 42.8 Å². The molecule has 0 bridgehead atoms. The van der Waals surface area contributed by atoms with Crippen LogP contribution in [0.3, 0.4) is 0 Å². The summed E-state index contributed by atoms with van der Waals surface area (Å²) < 4.78 is 0. The van der Waals surface area contributed by atoms with E-state index in [1.165, 1.54) is 17.5 Å². The zero-order chi connectivity index (χ0) is 13.8. The maximum Gasteiger partial charge on any atom is 0.157 e. The number of nitrogens with two attached hydrogens (primary N) is 1. The molecule has 0 radical (unpaired) electrons. The third-order valence-electron chi connectivity index (χ3n) is 3.08. The summed E-state index contributed by atoms with van der Waals surface area (Å²) in [7, 11) is 0. The highest BCUT2D eigenvalue weighted by Gasteiger charge is 2.10. The number of benzene rings is 1. The lowest BCUT2D eigenvalue weighted by Crippen LogP contribution is -2.10. The van der Waals surface area contributed by atoms with Gasteiger partial charge in [0, 0.05) is 0 Å². The first-order valence-corrected chi connectivity index (χ1v) is 6.61.